The van der Waals surface area contributed by atoms with E-state index in [4.69, 9.17) is 10.5 Å². The molecule has 98 valence electrons. The van der Waals surface area contributed by atoms with Gasteiger partial charge in [-0.25, -0.2) is 0 Å². The largest absolute Gasteiger partial charge is 0.504 e. The van der Waals surface area contributed by atoms with E-state index in [9.17, 15) is 14.7 Å². The van der Waals surface area contributed by atoms with Crippen molar-refractivity contribution in [2.75, 3.05) is 13.7 Å². The van der Waals surface area contributed by atoms with Crippen LogP contribution < -0.4 is 15.8 Å². The van der Waals surface area contributed by atoms with Gasteiger partial charge in [0.25, 0.3) is 5.91 Å². The highest BCUT2D eigenvalue weighted by atomic mass is 16.5. The molecule has 0 saturated carbocycles. The Kier molecular flexibility index (Phi) is 4.98. The zero-order valence-corrected chi connectivity index (χ0v) is 10.1. The lowest BCUT2D eigenvalue weighted by Crippen LogP contribution is -2.25. The number of nitrogens with two attached hydrogens (primary N) is 1. The molecule has 0 spiro atoms. The van der Waals surface area contributed by atoms with Crippen molar-refractivity contribution in [3.63, 3.8) is 0 Å². The first-order valence-electron chi connectivity index (χ1n) is 5.48. The molecule has 0 unspecified atom stereocenters. The molecule has 1 aromatic rings. The lowest BCUT2D eigenvalue weighted by molar-refractivity contribution is -0.118. The van der Waals surface area contributed by atoms with Crippen molar-refractivity contribution in [3.8, 4) is 11.5 Å². The first-order chi connectivity index (χ1) is 8.54. The summed E-state index contributed by atoms with van der Waals surface area (Å²) in [6.07, 6.45) is 0.720. The topological polar surface area (TPSA) is 102 Å². The average Bonchev–Trinajstić information content (AvgIpc) is 2.34. The van der Waals surface area contributed by atoms with Crippen molar-refractivity contribution < 1.29 is 19.4 Å². The van der Waals surface area contributed by atoms with Crippen molar-refractivity contribution in [2.45, 2.75) is 12.8 Å². The summed E-state index contributed by atoms with van der Waals surface area (Å²) in [6, 6.07) is 4.37. The van der Waals surface area contributed by atoms with Crippen LogP contribution in [0.2, 0.25) is 0 Å². The summed E-state index contributed by atoms with van der Waals surface area (Å²) in [6.45, 7) is 0.356. The highest BCUT2D eigenvalue weighted by molar-refractivity contribution is 5.94. The van der Waals surface area contributed by atoms with Crippen molar-refractivity contribution >= 4 is 11.8 Å². The van der Waals surface area contributed by atoms with Crippen molar-refractivity contribution in [1.29, 1.82) is 0 Å². The van der Waals surface area contributed by atoms with E-state index in [1.165, 1.54) is 19.2 Å². The van der Waals surface area contributed by atoms with Gasteiger partial charge in [-0.3, -0.25) is 9.59 Å². The Bertz CT molecular complexity index is 446. The third kappa shape index (κ3) is 3.97. The van der Waals surface area contributed by atoms with Gasteiger partial charge in [-0.1, -0.05) is 0 Å². The molecule has 0 aromatic heterocycles. The van der Waals surface area contributed by atoms with Crippen LogP contribution in [0.3, 0.4) is 0 Å². The van der Waals surface area contributed by atoms with Crippen LogP contribution in [-0.2, 0) is 4.79 Å². The predicted molar refractivity (Wildman–Crippen MR) is 65.4 cm³/mol. The van der Waals surface area contributed by atoms with Gasteiger partial charge in [0.2, 0.25) is 5.91 Å². The van der Waals surface area contributed by atoms with E-state index in [-0.39, 0.29) is 18.1 Å². The zero-order valence-electron chi connectivity index (χ0n) is 10.1. The standard InChI is InChI=1S/C12H16N2O4/c1-18-10-5-4-8(7-9(10)15)12(17)14-6-2-3-11(13)16/h4-5,7,15H,2-3,6H2,1H3,(H2,13,16)(H,14,17). The van der Waals surface area contributed by atoms with Crippen molar-refractivity contribution in [1.82, 2.24) is 5.32 Å². The Morgan fingerprint density at radius 1 is 1.44 bits per heavy atom. The molecule has 0 aliphatic rings. The molecule has 4 N–H and O–H groups in total. The number of aromatic hydroxyl groups is 1. The fourth-order valence-corrected chi connectivity index (χ4v) is 1.40. The SMILES string of the molecule is COc1ccc(C(=O)NCCCC(N)=O)cc1O. The molecular weight excluding hydrogens is 236 g/mol. The summed E-state index contributed by atoms with van der Waals surface area (Å²) in [5, 5.41) is 12.1. The summed E-state index contributed by atoms with van der Waals surface area (Å²) >= 11 is 0. The molecule has 0 bridgehead atoms. The van der Waals surface area contributed by atoms with Crippen LogP contribution in [-0.4, -0.2) is 30.6 Å². The molecule has 6 heteroatoms. The number of phenolic OH excluding ortho intramolecular Hbond substituents is 1. The number of carbonyl (C=O) groups excluding carboxylic acids is 2. The van der Waals surface area contributed by atoms with Gasteiger partial charge in [0.05, 0.1) is 7.11 Å². The van der Waals surface area contributed by atoms with Gasteiger partial charge in [0.15, 0.2) is 11.5 Å². The molecule has 0 radical (unpaired) electrons. The molecule has 0 atom stereocenters. The number of amides is 2. The number of rotatable bonds is 6. The Hall–Kier alpha value is -2.24. The molecule has 1 aromatic carbocycles. The fraction of sp³-hybridized carbons (Fsp3) is 0.333. The fourth-order valence-electron chi connectivity index (χ4n) is 1.40. The maximum absolute atomic E-state index is 11.7. The van der Waals surface area contributed by atoms with Crippen LogP contribution in [0.1, 0.15) is 23.2 Å². The van der Waals surface area contributed by atoms with Gasteiger partial charge in [0.1, 0.15) is 0 Å². The van der Waals surface area contributed by atoms with E-state index in [2.05, 4.69) is 5.32 Å². The lowest BCUT2D eigenvalue weighted by atomic mass is 10.2. The van der Waals surface area contributed by atoms with E-state index < -0.39 is 5.91 Å². The Balaban J connectivity index is 2.51. The first-order valence-corrected chi connectivity index (χ1v) is 5.48. The number of nitrogens with one attached hydrogen (secondary N) is 1. The van der Waals surface area contributed by atoms with Gasteiger partial charge in [-0.05, 0) is 24.6 Å². The molecule has 0 heterocycles. The molecule has 2 amide bonds. The Labute approximate surface area is 105 Å². The number of hydrogen-bond donors (Lipinski definition) is 3. The van der Waals surface area contributed by atoms with E-state index in [0.717, 1.165) is 0 Å². The minimum atomic E-state index is -0.397. The summed E-state index contributed by atoms with van der Waals surface area (Å²) in [7, 11) is 1.43. The molecule has 0 aliphatic carbocycles. The molecule has 6 nitrogen and oxygen atoms in total. The van der Waals surface area contributed by atoms with Gasteiger partial charge < -0.3 is 20.9 Å². The number of ether oxygens (including phenoxy) is 1. The minimum Gasteiger partial charge on any atom is -0.504 e. The summed E-state index contributed by atoms with van der Waals surface area (Å²) in [5.74, 6) is -0.508. The second kappa shape index (κ2) is 6.48. The molecule has 0 aliphatic heterocycles. The van der Waals surface area contributed by atoms with Gasteiger partial charge in [-0.15, -0.1) is 0 Å². The molecular formula is C12H16N2O4. The second-order valence-electron chi connectivity index (χ2n) is 3.71. The average molecular weight is 252 g/mol. The summed E-state index contributed by atoms with van der Waals surface area (Å²) in [5.41, 5.74) is 5.30. The highest BCUT2D eigenvalue weighted by Crippen LogP contribution is 2.25. The van der Waals surface area contributed by atoms with Gasteiger partial charge in [0, 0.05) is 18.5 Å². The van der Waals surface area contributed by atoms with Crippen LogP contribution in [0.25, 0.3) is 0 Å². The third-order valence-electron chi connectivity index (χ3n) is 2.33. The van der Waals surface area contributed by atoms with E-state index in [0.29, 0.717) is 24.3 Å². The van der Waals surface area contributed by atoms with Crippen molar-refractivity contribution in [3.05, 3.63) is 23.8 Å². The second-order valence-corrected chi connectivity index (χ2v) is 3.71. The molecule has 18 heavy (non-hydrogen) atoms. The minimum absolute atomic E-state index is 0.0951. The van der Waals surface area contributed by atoms with Crippen LogP contribution in [0.5, 0.6) is 11.5 Å². The van der Waals surface area contributed by atoms with E-state index in [1.807, 2.05) is 0 Å². The number of methoxy groups -OCH3 is 1. The molecule has 1 rings (SSSR count). The van der Waals surface area contributed by atoms with E-state index >= 15 is 0 Å². The monoisotopic (exact) mass is 252 g/mol. The maximum atomic E-state index is 11.7. The predicted octanol–water partition coefficient (Wildman–Crippen LogP) is 0.396. The van der Waals surface area contributed by atoms with Crippen LogP contribution in [0.4, 0.5) is 0 Å². The molecule has 0 fully saturated rings. The van der Waals surface area contributed by atoms with Crippen LogP contribution >= 0.6 is 0 Å². The Morgan fingerprint density at radius 3 is 2.72 bits per heavy atom. The lowest BCUT2D eigenvalue weighted by Gasteiger charge is -2.07. The number of primary amides is 1. The van der Waals surface area contributed by atoms with E-state index in [1.54, 1.807) is 6.07 Å². The number of phenols is 1. The third-order valence-corrected chi connectivity index (χ3v) is 2.33. The normalized spacial score (nSPS) is 9.83. The number of benzene rings is 1. The smallest absolute Gasteiger partial charge is 0.251 e. The number of carbonyl (C=O) groups is 2. The molecule has 0 saturated heterocycles. The van der Waals surface area contributed by atoms with Gasteiger partial charge >= 0.3 is 0 Å². The Morgan fingerprint density at radius 2 is 2.17 bits per heavy atom. The quantitative estimate of drug-likeness (QED) is 0.637. The van der Waals surface area contributed by atoms with Crippen LogP contribution in [0.15, 0.2) is 18.2 Å². The van der Waals surface area contributed by atoms with Crippen molar-refractivity contribution in [2.24, 2.45) is 5.73 Å². The summed E-state index contributed by atoms with van der Waals surface area (Å²) < 4.78 is 4.87. The maximum Gasteiger partial charge on any atom is 0.251 e. The highest BCUT2D eigenvalue weighted by Gasteiger charge is 2.09. The first kappa shape index (κ1) is 13.8. The van der Waals surface area contributed by atoms with Crippen LogP contribution in [0, 0.1) is 0 Å². The number of hydrogen-bond acceptors (Lipinski definition) is 4. The zero-order chi connectivity index (χ0) is 13.5. The van der Waals surface area contributed by atoms with Gasteiger partial charge in [-0.2, -0.15) is 0 Å². The summed E-state index contributed by atoms with van der Waals surface area (Å²) in [4.78, 5) is 22.2.